The van der Waals surface area contributed by atoms with Gasteiger partial charge in [0.25, 0.3) is 5.91 Å². The SMILES string of the molecule is CC(C)CCOCCNC(=O)c1cc2cc(N)ccc2[nH]1. The van der Waals surface area contributed by atoms with E-state index in [9.17, 15) is 4.79 Å². The molecule has 1 aromatic heterocycles. The number of H-pyrrole nitrogens is 1. The van der Waals surface area contributed by atoms with Gasteiger partial charge >= 0.3 is 0 Å². The van der Waals surface area contributed by atoms with Crippen molar-refractivity contribution in [1.82, 2.24) is 10.3 Å². The Bertz CT molecular complexity index is 605. The summed E-state index contributed by atoms with van der Waals surface area (Å²) in [6, 6.07) is 7.33. The van der Waals surface area contributed by atoms with Crippen molar-refractivity contribution < 1.29 is 9.53 Å². The molecule has 2 aromatic rings. The number of aromatic amines is 1. The number of nitrogens with one attached hydrogen (secondary N) is 2. The van der Waals surface area contributed by atoms with Crippen molar-refractivity contribution in [3.8, 4) is 0 Å². The zero-order valence-electron chi connectivity index (χ0n) is 12.6. The van der Waals surface area contributed by atoms with Crippen LogP contribution >= 0.6 is 0 Å². The summed E-state index contributed by atoms with van der Waals surface area (Å²) in [6.45, 7) is 6.10. The highest BCUT2D eigenvalue weighted by Crippen LogP contribution is 2.18. The molecule has 0 saturated carbocycles. The highest BCUT2D eigenvalue weighted by molar-refractivity contribution is 5.98. The standard InChI is InChI=1S/C16H23N3O2/c1-11(2)5-7-21-8-6-18-16(20)15-10-12-9-13(17)3-4-14(12)19-15/h3-4,9-11,19H,5-8,17H2,1-2H3,(H,18,20). The molecule has 4 N–H and O–H groups in total. The van der Waals surface area contributed by atoms with Gasteiger partial charge in [0, 0.05) is 29.7 Å². The summed E-state index contributed by atoms with van der Waals surface area (Å²) in [5, 5.41) is 3.77. The van der Waals surface area contributed by atoms with Gasteiger partial charge in [-0.3, -0.25) is 4.79 Å². The van der Waals surface area contributed by atoms with Crippen LogP contribution in [-0.2, 0) is 4.74 Å². The second kappa shape index (κ2) is 7.13. The van der Waals surface area contributed by atoms with Gasteiger partial charge < -0.3 is 20.8 Å². The van der Waals surface area contributed by atoms with Crippen molar-refractivity contribution in [3.63, 3.8) is 0 Å². The molecule has 114 valence electrons. The van der Waals surface area contributed by atoms with Crippen LogP contribution in [0.4, 0.5) is 5.69 Å². The van der Waals surface area contributed by atoms with Crippen LogP contribution in [0.15, 0.2) is 24.3 Å². The lowest BCUT2D eigenvalue weighted by atomic mass is 10.1. The molecule has 0 unspecified atom stereocenters. The number of aromatic nitrogens is 1. The Kier molecular flexibility index (Phi) is 5.22. The molecule has 1 heterocycles. The Morgan fingerprint density at radius 1 is 1.33 bits per heavy atom. The minimum Gasteiger partial charge on any atom is -0.399 e. The molecule has 1 aromatic carbocycles. The Morgan fingerprint density at radius 3 is 2.90 bits per heavy atom. The molecule has 0 atom stereocenters. The van der Waals surface area contributed by atoms with Gasteiger partial charge in [0.2, 0.25) is 0 Å². The first-order valence-corrected chi connectivity index (χ1v) is 7.30. The van der Waals surface area contributed by atoms with Crippen molar-refractivity contribution in [1.29, 1.82) is 0 Å². The summed E-state index contributed by atoms with van der Waals surface area (Å²) in [4.78, 5) is 15.1. The molecule has 21 heavy (non-hydrogen) atoms. The number of rotatable bonds is 7. The van der Waals surface area contributed by atoms with Gasteiger partial charge in [0.1, 0.15) is 5.69 Å². The van der Waals surface area contributed by atoms with E-state index in [4.69, 9.17) is 10.5 Å². The fraction of sp³-hybridized carbons (Fsp3) is 0.438. The maximum atomic E-state index is 12.0. The maximum Gasteiger partial charge on any atom is 0.267 e. The predicted octanol–water partition coefficient (Wildman–Crippen LogP) is 2.54. The van der Waals surface area contributed by atoms with Crippen LogP contribution in [0.5, 0.6) is 0 Å². The van der Waals surface area contributed by atoms with Crippen LogP contribution in [0.3, 0.4) is 0 Å². The number of carbonyl (C=O) groups is 1. The fourth-order valence-electron chi connectivity index (χ4n) is 2.03. The second-order valence-corrected chi connectivity index (χ2v) is 5.58. The van der Waals surface area contributed by atoms with Crippen molar-refractivity contribution >= 4 is 22.5 Å². The van der Waals surface area contributed by atoms with Gasteiger partial charge in [-0.25, -0.2) is 0 Å². The number of amides is 1. The minimum absolute atomic E-state index is 0.128. The molecule has 0 aliphatic heterocycles. The normalized spacial score (nSPS) is 11.2. The first-order valence-electron chi connectivity index (χ1n) is 7.30. The average Bonchev–Trinajstić information content (AvgIpc) is 2.85. The molecule has 5 nitrogen and oxygen atoms in total. The van der Waals surface area contributed by atoms with E-state index in [-0.39, 0.29) is 5.91 Å². The van der Waals surface area contributed by atoms with E-state index in [1.165, 1.54) is 0 Å². The number of nitrogens with two attached hydrogens (primary N) is 1. The number of ether oxygens (including phenoxy) is 1. The highest BCUT2D eigenvalue weighted by atomic mass is 16.5. The lowest BCUT2D eigenvalue weighted by Gasteiger charge is -2.07. The molecular weight excluding hydrogens is 266 g/mol. The average molecular weight is 289 g/mol. The lowest BCUT2D eigenvalue weighted by molar-refractivity contribution is 0.0902. The topological polar surface area (TPSA) is 80.1 Å². The summed E-state index contributed by atoms with van der Waals surface area (Å²) in [7, 11) is 0. The van der Waals surface area contributed by atoms with Crippen molar-refractivity contribution in [2.24, 2.45) is 5.92 Å². The first-order chi connectivity index (χ1) is 10.1. The molecular formula is C16H23N3O2. The Hall–Kier alpha value is -2.01. The van der Waals surface area contributed by atoms with E-state index >= 15 is 0 Å². The Morgan fingerprint density at radius 2 is 2.14 bits per heavy atom. The molecule has 0 saturated heterocycles. The molecule has 0 fully saturated rings. The van der Waals surface area contributed by atoms with Gasteiger partial charge in [-0.1, -0.05) is 13.8 Å². The van der Waals surface area contributed by atoms with Crippen LogP contribution in [0.25, 0.3) is 10.9 Å². The molecule has 2 rings (SSSR count). The van der Waals surface area contributed by atoms with Crippen LogP contribution in [-0.4, -0.2) is 30.6 Å². The van der Waals surface area contributed by atoms with Crippen LogP contribution in [0, 0.1) is 5.92 Å². The number of hydrogen-bond donors (Lipinski definition) is 3. The van der Waals surface area contributed by atoms with Crippen LogP contribution < -0.4 is 11.1 Å². The Labute approximate surface area is 124 Å². The third-order valence-electron chi connectivity index (χ3n) is 3.26. The summed E-state index contributed by atoms with van der Waals surface area (Å²) >= 11 is 0. The van der Waals surface area contributed by atoms with Gasteiger partial charge in [-0.15, -0.1) is 0 Å². The van der Waals surface area contributed by atoms with Crippen LogP contribution in [0.1, 0.15) is 30.8 Å². The molecule has 0 aliphatic carbocycles. The number of anilines is 1. The minimum atomic E-state index is -0.128. The molecule has 0 aliphatic rings. The van der Waals surface area contributed by atoms with Crippen molar-refractivity contribution in [2.45, 2.75) is 20.3 Å². The van der Waals surface area contributed by atoms with Gasteiger partial charge in [0.15, 0.2) is 0 Å². The number of nitrogen functional groups attached to an aromatic ring is 1. The number of fused-ring (bicyclic) bond motifs is 1. The quantitative estimate of drug-likeness (QED) is 0.541. The number of hydrogen-bond acceptors (Lipinski definition) is 3. The maximum absolute atomic E-state index is 12.0. The zero-order valence-corrected chi connectivity index (χ0v) is 12.6. The van der Waals surface area contributed by atoms with E-state index in [1.54, 1.807) is 6.07 Å². The van der Waals surface area contributed by atoms with E-state index in [1.807, 2.05) is 18.2 Å². The summed E-state index contributed by atoms with van der Waals surface area (Å²) in [6.07, 6.45) is 1.04. The zero-order chi connectivity index (χ0) is 15.2. The summed E-state index contributed by atoms with van der Waals surface area (Å²) in [5.74, 6) is 0.510. The monoisotopic (exact) mass is 289 g/mol. The number of carbonyl (C=O) groups excluding carboxylic acids is 1. The third kappa shape index (κ3) is 4.49. The van der Waals surface area contributed by atoms with Gasteiger partial charge in [-0.2, -0.15) is 0 Å². The van der Waals surface area contributed by atoms with Crippen molar-refractivity contribution in [3.05, 3.63) is 30.0 Å². The molecule has 1 amide bonds. The predicted molar refractivity (Wildman–Crippen MR) is 85.3 cm³/mol. The fourth-order valence-corrected chi connectivity index (χ4v) is 2.03. The molecule has 0 radical (unpaired) electrons. The van der Waals surface area contributed by atoms with Crippen LogP contribution in [0.2, 0.25) is 0 Å². The Balaban J connectivity index is 1.79. The van der Waals surface area contributed by atoms with Gasteiger partial charge in [-0.05, 0) is 36.6 Å². The molecule has 0 spiro atoms. The van der Waals surface area contributed by atoms with Crippen molar-refractivity contribution in [2.75, 3.05) is 25.5 Å². The third-order valence-corrected chi connectivity index (χ3v) is 3.26. The molecule has 5 heteroatoms. The number of benzene rings is 1. The summed E-state index contributed by atoms with van der Waals surface area (Å²) < 4.78 is 5.46. The van der Waals surface area contributed by atoms with E-state index in [0.717, 1.165) is 23.9 Å². The first kappa shape index (κ1) is 15.4. The molecule has 0 bridgehead atoms. The van der Waals surface area contributed by atoms with E-state index < -0.39 is 0 Å². The second-order valence-electron chi connectivity index (χ2n) is 5.58. The highest BCUT2D eigenvalue weighted by Gasteiger charge is 2.08. The van der Waals surface area contributed by atoms with E-state index in [2.05, 4.69) is 24.1 Å². The van der Waals surface area contributed by atoms with E-state index in [0.29, 0.717) is 30.5 Å². The summed E-state index contributed by atoms with van der Waals surface area (Å²) in [5.41, 5.74) is 7.86. The largest absolute Gasteiger partial charge is 0.399 e. The smallest absolute Gasteiger partial charge is 0.267 e. The lowest BCUT2D eigenvalue weighted by Crippen LogP contribution is -2.27. The van der Waals surface area contributed by atoms with Gasteiger partial charge in [0.05, 0.1) is 6.61 Å².